The summed E-state index contributed by atoms with van der Waals surface area (Å²) in [6, 6.07) is 6.92. The van der Waals surface area contributed by atoms with Crippen LogP contribution in [0.15, 0.2) is 24.3 Å². The zero-order valence-corrected chi connectivity index (χ0v) is 9.18. The molecule has 2 unspecified atom stereocenters. The summed E-state index contributed by atoms with van der Waals surface area (Å²) >= 11 is 0. The molecule has 0 fully saturated rings. The Morgan fingerprint density at radius 2 is 1.81 bits per heavy atom. The lowest BCUT2D eigenvalue weighted by atomic mass is 9.87. The van der Waals surface area contributed by atoms with Crippen LogP contribution < -0.4 is 0 Å². The van der Waals surface area contributed by atoms with E-state index in [9.17, 15) is 9.59 Å². The second kappa shape index (κ2) is 4.79. The van der Waals surface area contributed by atoms with E-state index in [4.69, 9.17) is 10.2 Å². The van der Waals surface area contributed by atoms with Crippen molar-refractivity contribution in [2.24, 2.45) is 5.92 Å². The largest absolute Gasteiger partial charge is 0.481 e. The molecule has 0 bridgehead atoms. The Morgan fingerprint density at radius 1 is 1.19 bits per heavy atom. The fourth-order valence-corrected chi connectivity index (χ4v) is 1.65. The van der Waals surface area contributed by atoms with E-state index < -0.39 is 23.8 Å². The molecule has 1 aromatic rings. The van der Waals surface area contributed by atoms with Crippen LogP contribution in [0.5, 0.6) is 0 Å². The lowest BCUT2D eigenvalue weighted by Crippen LogP contribution is -2.25. The summed E-state index contributed by atoms with van der Waals surface area (Å²) in [7, 11) is 0. The average molecular weight is 222 g/mol. The van der Waals surface area contributed by atoms with E-state index in [0.29, 0.717) is 5.56 Å². The predicted molar refractivity (Wildman–Crippen MR) is 58.4 cm³/mol. The van der Waals surface area contributed by atoms with Crippen molar-refractivity contribution in [2.75, 3.05) is 0 Å². The Bertz CT molecular complexity index is 411. The van der Waals surface area contributed by atoms with Crippen molar-refractivity contribution in [3.63, 3.8) is 0 Å². The van der Waals surface area contributed by atoms with Crippen LogP contribution >= 0.6 is 0 Å². The molecule has 0 aliphatic carbocycles. The van der Waals surface area contributed by atoms with Gasteiger partial charge in [0.2, 0.25) is 0 Å². The van der Waals surface area contributed by atoms with E-state index in [0.717, 1.165) is 5.56 Å². The minimum absolute atomic E-state index is 0.530. The van der Waals surface area contributed by atoms with Crippen molar-refractivity contribution in [1.82, 2.24) is 0 Å². The van der Waals surface area contributed by atoms with Gasteiger partial charge < -0.3 is 10.2 Å². The molecule has 0 spiro atoms. The number of benzene rings is 1. The quantitative estimate of drug-likeness (QED) is 0.815. The third-order valence-electron chi connectivity index (χ3n) is 2.56. The molecule has 0 saturated carbocycles. The van der Waals surface area contributed by atoms with Gasteiger partial charge in [0.1, 0.15) is 0 Å². The number of aryl methyl sites for hydroxylation is 1. The van der Waals surface area contributed by atoms with Crippen molar-refractivity contribution < 1.29 is 19.8 Å². The van der Waals surface area contributed by atoms with Gasteiger partial charge in [0.15, 0.2) is 0 Å². The summed E-state index contributed by atoms with van der Waals surface area (Å²) in [4.78, 5) is 21.9. The van der Waals surface area contributed by atoms with Gasteiger partial charge in [-0.2, -0.15) is 0 Å². The monoisotopic (exact) mass is 222 g/mol. The summed E-state index contributed by atoms with van der Waals surface area (Å²) in [6.07, 6.45) is 0. The van der Waals surface area contributed by atoms with Gasteiger partial charge in [0, 0.05) is 0 Å². The predicted octanol–water partition coefficient (Wildman–Crippen LogP) is 1.88. The van der Waals surface area contributed by atoms with E-state index in [-0.39, 0.29) is 0 Å². The summed E-state index contributed by atoms with van der Waals surface area (Å²) in [5, 5.41) is 17.9. The van der Waals surface area contributed by atoms with Crippen molar-refractivity contribution in [2.45, 2.75) is 19.8 Å². The minimum Gasteiger partial charge on any atom is -0.481 e. The number of carboxylic acid groups (broad SMARTS) is 2. The number of aliphatic carboxylic acids is 2. The van der Waals surface area contributed by atoms with Crippen LogP contribution in [0.1, 0.15) is 24.0 Å². The molecule has 0 aliphatic rings. The van der Waals surface area contributed by atoms with Crippen molar-refractivity contribution in [3.05, 3.63) is 35.4 Å². The Balaban J connectivity index is 3.12. The van der Waals surface area contributed by atoms with Crippen molar-refractivity contribution in [1.29, 1.82) is 0 Å². The van der Waals surface area contributed by atoms with Gasteiger partial charge in [-0.05, 0) is 12.5 Å². The van der Waals surface area contributed by atoms with Crippen LogP contribution in [-0.4, -0.2) is 22.2 Å². The highest BCUT2D eigenvalue weighted by Gasteiger charge is 2.31. The van der Waals surface area contributed by atoms with Crippen molar-refractivity contribution in [3.8, 4) is 0 Å². The van der Waals surface area contributed by atoms with E-state index in [1.165, 1.54) is 6.92 Å². The van der Waals surface area contributed by atoms with E-state index in [2.05, 4.69) is 0 Å². The van der Waals surface area contributed by atoms with Gasteiger partial charge in [-0.25, -0.2) is 0 Å². The second-order valence-electron chi connectivity index (χ2n) is 3.86. The molecule has 4 heteroatoms. The summed E-state index contributed by atoms with van der Waals surface area (Å²) < 4.78 is 0. The molecule has 2 N–H and O–H groups in total. The summed E-state index contributed by atoms with van der Waals surface area (Å²) in [5.74, 6) is -4.16. The Hall–Kier alpha value is -1.84. The van der Waals surface area contributed by atoms with Gasteiger partial charge in [-0.3, -0.25) is 9.59 Å². The molecule has 0 heterocycles. The first kappa shape index (κ1) is 12.2. The molecular formula is C12H14O4. The third-order valence-corrected chi connectivity index (χ3v) is 2.56. The Morgan fingerprint density at radius 3 is 2.25 bits per heavy atom. The zero-order chi connectivity index (χ0) is 12.3. The standard InChI is InChI=1S/C12H14O4/c1-7-4-3-5-9(6-7)10(12(15)16)8(2)11(13)14/h3-6,8,10H,1-2H3,(H,13,14)(H,15,16). The van der Waals surface area contributed by atoms with Crippen LogP contribution in [0, 0.1) is 12.8 Å². The van der Waals surface area contributed by atoms with Crippen LogP contribution in [-0.2, 0) is 9.59 Å². The maximum Gasteiger partial charge on any atom is 0.311 e. The van der Waals surface area contributed by atoms with E-state index >= 15 is 0 Å². The van der Waals surface area contributed by atoms with Crippen LogP contribution in [0.2, 0.25) is 0 Å². The van der Waals surface area contributed by atoms with Crippen LogP contribution in [0.25, 0.3) is 0 Å². The molecule has 0 aromatic heterocycles. The van der Waals surface area contributed by atoms with Crippen molar-refractivity contribution >= 4 is 11.9 Å². The van der Waals surface area contributed by atoms with Gasteiger partial charge in [-0.1, -0.05) is 36.8 Å². The second-order valence-corrected chi connectivity index (χ2v) is 3.86. The summed E-state index contributed by atoms with van der Waals surface area (Å²) in [6.45, 7) is 3.25. The maximum atomic E-state index is 11.1. The van der Waals surface area contributed by atoms with Gasteiger partial charge in [0.25, 0.3) is 0 Å². The number of carboxylic acids is 2. The molecule has 86 valence electrons. The molecule has 0 saturated heterocycles. The molecule has 1 aromatic carbocycles. The molecule has 2 atom stereocenters. The van der Waals surface area contributed by atoms with E-state index in [1.807, 2.05) is 13.0 Å². The topological polar surface area (TPSA) is 74.6 Å². The SMILES string of the molecule is Cc1cccc(C(C(=O)O)C(C)C(=O)O)c1. The lowest BCUT2D eigenvalue weighted by Gasteiger charge is -2.17. The normalized spacial score (nSPS) is 14.1. The molecule has 16 heavy (non-hydrogen) atoms. The third kappa shape index (κ3) is 2.59. The molecule has 0 radical (unpaired) electrons. The van der Waals surface area contributed by atoms with Crippen LogP contribution in [0.3, 0.4) is 0 Å². The number of carbonyl (C=O) groups is 2. The number of hydrogen-bond acceptors (Lipinski definition) is 2. The molecular weight excluding hydrogens is 208 g/mol. The molecule has 0 aliphatic heterocycles. The lowest BCUT2D eigenvalue weighted by molar-refractivity contribution is -0.149. The van der Waals surface area contributed by atoms with E-state index in [1.54, 1.807) is 18.2 Å². The Kier molecular flexibility index (Phi) is 3.66. The van der Waals surface area contributed by atoms with Crippen LogP contribution in [0.4, 0.5) is 0 Å². The molecule has 4 nitrogen and oxygen atoms in total. The average Bonchev–Trinajstić information content (AvgIpc) is 2.17. The Labute approximate surface area is 93.5 Å². The van der Waals surface area contributed by atoms with Gasteiger partial charge >= 0.3 is 11.9 Å². The fourth-order valence-electron chi connectivity index (χ4n) is 1.65. The smallest absolute Gasteiger partial charge is 0.311 e. The first-order valence-corrected chi connectivity index (χ1v) is 4.95. The highest BCUT2D eigenvalue weighted by atomic mass is 16.4. The minimum atomic E-state index is -1.11. The highest BCUT2D eigenvalue weighted by Crippen LogP contribution is 2.25. The molecule has 0 amide bonds. The summed E-state index contributed by atoms with van der Waals surface area (Å²) in [5.41, 5.74) is 1.45. The zero-order valence-electron chi connectivity index (χ0n) is 9.18. The number of rotatable bonds is 4. The van der Waals surface area contributed by atoms with Gasteiger partial charge in [-0.15, -0.1) is 0 Å². The highest BCUT2D eigenvalue weighted by molar-refractivity contribution is 5.84. The fraction of sp³-hybridized carbons (Fsp3) is 0.333. The molecule has 1 rings (SSSR count). The maximum absolute atomic E-state index is 11.1. The first-order chi connectivity index (χ1) is 7.43. The van der Waals surface area contributed by atoms with Gasteiger partial charge in [0.05, 0.1) is 11.8 Å². The number of hydrogen-bond donors (Lipinski definition) is 2. The first-order valence-electron chi connectivity index (χ1n) is 4.95.